The van der Waals surface area contributed by atoms with Gasteiger partial charge in [-0.1, -0.05) is 6.07 Å². The second kappa shape index (κ2) is 7.61. The summed E-state index contributed by atoms with van der Waals surface area (Å²) in [7, 11) is 0. The van der Waals surface area contributed by atoms with Crippen LogP contribution < -0.4 is 0 Å². The molecule has 2 heterocycles. The molecule has 3 rings (SSSR count). The Bertz CT molecular complexity index is 587. The zero-order chi connectivity index (χ0) is 16.2. The average molecular weight is 428 g/mol. The Morgan fingerprint density at radius 3 is 2.65 bits per heavy atom. The van der Waals surface area contributed by atoms with E-state index in [1.54, 1.807) is 0 Å². The van der Waals surface area contributed by atoms with E-state index >= 15 is 0 Å². The van der Waals surface area contributed by atoms with Crippen LogP contribution in [0.4, 0.5) is 0 Å². The highest BCUT2D eigenvalue weighted by Crippen LogP contribution is 2.21. The summed E-state index contributed by atoms with van der Waals surface area (Å²) >= 11 is 2.21. The Kier molecular flexibility index (Phi) is 5.53. The topological polar surface area (TPSA) is 49.9 Å². The summed E-state index contributed by atoms with van der Waals surface area (Å²) in [5.41, 5.74) is 0.705. The summed E-state index contributed by atoms with van der Waals surface area (Å²) in [5, 5.41) is 0. The molecule has 124 valence electrons. The van der Waals surface area contributed by atoms with Crippen molar-refractivity contribution in [1.29, 1.82) is 0 Å². The maximum atomic E-state index is 12.7. The van der Waals surface area contributed by atoms with Gasteiger partial charge in [0.05, 0.1) is 19.1 Å². The third-order valence-corrected chi connectivity index (χ3v) is 5.12. The number of amides is 2. The second-order valence-electron chi connectivity index (χ2n) is 6.04. The predicted molar refractivity (Wildman–Crippen MR) is 95.2 cm³/mol. The number of morpholine rings is 1. The first-order chi connectivity index (χ1) is 11.1. The molecule has 6 heteroatoms. The molecule has 2 fully saturated rings. The van der Waals surface area contributed by atoms with Crippen LogP contribution in [0.2, 0.25) is 0 Å². The Balaban J connectivity index is 1.65. The lowest BCUT2D eigenvalue weighted by Crippen LogP contribution is -2.49. The normalized spacial score (nSPS) is 22.0. The number of carbonyl (C=O) groups is 2. The van der Waals surface area contributed by atoms with E-state index in [-0.39, 0.29) is 17.7 Å². The molecular weight excluding hydrogens is 407 g/mol. The predicted octanol–water partition coefficient (Wildman–Crippen LogP) is 2.00. The number of piperidine rings is 1. The zero-order valence-corrected chi connectivity index (χ0v) is 15.2. The standard InChI is InChI=1S/C17H21IN2O3/c18-15-5-1-3-13(11-15)16(21)20-6-2-4-14(12-20)17(22)19-7-9-23-10-8-19/h1,3,5,11,14H,2,4,6-10,12H2. The maximum absolute atomic E-state index is 12.7. The fraction of sp³-hybridized carbons (Fsp3) is 0.529. The first kappa shape index (κ1) is 16.7. The molecule has 0 N–H and O–H groups in total. The highest BCUT2D eigenvalue weighted by atomic mass is 127. The molecular formula is C17H21IN2O3. The largest absolute Gasteiger partial charge is 0.378 e. The number of benzene rings is 1. The number of hydrogen-bond donors (Lipinski definition) is 0. The summed E-state index contributed by atoms with van der Waals surface area (Å²) in [6.45, 7) is 3.82. The lowest BCUT2D eigenvalue weighted by molar-refractivity contribution is -0.141. The minimum Gasteiger partial charge on any atom is -0.378 e. The zero-order valence-electron chi connectivity index (χ0n) is 13.0. The molecule has 1 atom stereocenters. The Labute approximate surface area is 150 Å². The van der Waals surface area contributed by atoms with Crippen LogP contribution in [0.1, 0.15) is 23.2 Å². The van der Waals surface area contributed by atoms with E-state index in [4.69, 9.17) is 4.74 Å². The third-order valence-electron chi connectivity index (χ3n) is 4.45. The van der Waals surface area contributed by atoms with Gasteiger partial charge in [-0.05, 0) is 53.6 Å². The Morgan fingerprint density at radius 2 is 1.91 bits per heavy atom. The van der Waals surface area contributed by atoms with Gasteiger partial charge in [0.25, 0.3) is 5.91 Å². The number of ether oxygens (including phenoxy) is 1. The van der Waals surface area contributed by atoms with E-state index in [1.807, 2.05) is 34.1 Å². The summed E-state index contributed by atoms with van der Waals surface area (Å²) in [5.74, 6) is 0.130. The fourth-order valence-corrected chi connectivity index (χ4v) is 3.75. The van der Waals surface area contributed by atoms with Gasteiger partial charge < -0.3 is 14.5 Å². The van der Waals surface area contributed by atoms with Crippen molar-refractivity contribution < 1.29 is 14.3 Å². The molecule has 0 bridgehead atoms. The highest BCUT2D eigenvalue weighted by molar-refractivity contribution is 14.1. The first-order valence-corrected chi connectivity index (χ1v) is 9.14. The molecule has 1 aromatic rings. The monoisotopic (exact) mass is 428 g/mol. The van der Waals surface area contributed by atoms with Crippen LogP contribution in [-0.2, 0) is 9.53 Å². The summed E-state index contributed by atoms with van der Waals surface area (Å²) < 4.78 is 6.35. The van der Waals surface area contributed by atoms with Gasteiger partial charge in [-0.2, -0.15) is 0 Å². The van der Waals surface area contributed by atoms with Gasteiger partial charge in [-0.25, -0.2) is 0 Å². The lowest BCUT2D eigenvalue weighted by Gasteiger charge is -2.36. The minimum absolute atomic E-state index is 0.0305. The molecule has 0 aromatic heterocycles. The van der Waals surface area contributed by atoms with E-state index in [0.717, 1.165) is 23.0 Å². The van der Waals surface area contributed by atoms with Crippen LogP contribution in [-0.4, -0.2) is 61.0 Å². The quantitative estimate of drug-likeness (QED) is 0.678. The number of nitrogens with zero attached hydrogens (tertiary/aromatic N) is 2. The van der Waals surface area contributed by atoms with Crippen LogP contribution in [0.25, 0.3) is 0 Å². The SMILES string of the molecule is O=C(c1cccc(I)c1)N1CCCC(C(=O)N2CCOCC2)C1. The van der Waals surface area contributed by atoms with Crippen LogP contribution in [0.3, 0.4) is 0 Å². The molecule has 0 aliphatic carbocycles. The van der Waals surface area contributed by atoms with E-state index < -0.39 is 0 Å². The Hall–Kier alpha value is -1.15. The summed E-state index contributed by atoms with van der Waals surface area (Å²) in [6, 6.07) is 7.61. The van der Waals surface area contributed by atoms with Crippen molar-refractivity contribution in [3.8, 4) is 0 Å². The van der Waals surface area contributed by atoms with Crippen LogP contribution in [0.5, 0.6) is 0 Å². The van der Waals surface area contributed by atoms with E-state index in [1.165, 1.54) is 0 Å². The van der Waals surface area contributed by atoms with Crippen molar-refractivity contribution in [2.45, 2.75) is 12.8 Å². The lowest BCUT2D eigenvalue weighted by atomic mass is 9.95. The minimum atomic E-state index is -0.0754. The van der Waals surface area contributed by atoms with Crippen molar-refractivity contribution in [1.82, 2.24) is 9.80 Å². The van der Waals surface area contributed by atoms with Gasteiger partial charge in [0.1, 0.15) is 0 Å². The van der Waals surface area contributed by atoms with Gasteiger partial charge in [-0.15, -0.1) is 0 Å². The average Bonchev–Trinajstić information content (AvgIpc) is 2.61. The van der Waals surface area contributed by atoms with Gasteiger partial charge in [-0.3, -0.25) is 9.59 Å². The van der Waals surface area contributed by atoms with Crippen molar-refractivity contribution in [3.63, 3.8) is 0 Å². The molecule has 2 amide bonds. The van der Waals surface area contributed by atoms with Crippen molar-refractivity contribution in [2.24, 2.45) is 5.92 Å². The smallest absolute Gasteiger partial charge is 0.253 e. The maximum Gasteiger partial charge on any atom is 0.253 e. The molecule has 2 aliphatic rings. The molecule has 1 aromatic carbocycles. The molecule has 0 saturated carbocycles. The van der Waals surface area contributed by atoms with Crippen LogP contribution >= 0.6 is 22.6 Å². The van der Waals surface area contributed by atoms with Crippen LogP contribution in [0, 0.1) is 9.49 Å². The third kappa shape index (κ3) is 4.03. The number of rotatable bonds is 2. The highest BCUT2D eigenvalue weighted by Gasteiger charge is 2.32. The number of hydrogen-bond acceptors (Lipinski definition) is 3. The van der Waals surface area contributed by atoms with E-state index in [0.29, 0.717) is 38.4 Å². The van der Waals surface area contributed by atoms with Gasteiger partial charge in [0.15, 0.2) is 0 Å². The molecule has 2 aliphatic heterocycles. The second-order valence-corrected chi connectivity index (χ2v) is 7.28. The van der Waals surface area contributed by atoms with Gasteiger partial charge >= 0.3 is 0 Å². The number of carbonyl (C=O) groups excluding carboxylic acids is 2. The van der Waals surface area contributed by atoms with Gasteiger partial charge in [0, 0.05) is 35.3 Å². The molecule has 1 unspecified atom stereocenters. The molecule has 0 spiro atoms. The first-order valence-electron chi connectivity index (χ1n) is 8.06. The number of likely N-dealkylation sites (tertiary alicyclic amines) is 1. The summed E-state index contributed by atoms with van der Waals surface area (Å²) in [6.07, 6.45) is 1.75. The van der Waals surface area contributed by atoms with Gasteiger partial charge in [0.2, 0.25) is 5.91 Å². The number of halogens is 1. The van der Waals surface area contributed by atoms with E-state index in [2.05, 4.69) is 22.6 Å². The van der Waals surface area contributed by atoms with Crippen molar-refractivity contribution >= 4 is 34.4 Å². The molecule has 2 saturated heterocycles. The van der Waals surface area contributed by atoms with Crippen molar-refractivity contribution in [2.75, 3.05) is 39.4 Å². The van der Waals surface area contributed by atoms with Crippen molar-refractivity contribution in [3.05, 3.63) is 33.4 Å². The fourth-order valence-electron chi connectivity index (χ4n) is 3.21. The van der Waals surface area contributed by atoms with E-state index in [9.17, 15) is 9.59 Å². The van der Waals surface area contributed by atoms with Crippen LogP contribution in [0.15, 0.2) is 24.3 Å². The molecule has 5 nitrogen and oxygen atoms in total. The molecule has 23 heavy (non-hydrogen) atoms. The Morgan fingerprint density at radius 1 is 1.13 bits per heavy atom. The summed E-state index contributed by atoms with van der Waals surface area (Å²) in [4.78, 5) is 29.0. The molecule has 0 radical (unpaired) electrons.